The van der Waals surface area contributed by atoms with Crippen LogP contribution in [0.2, 0.25) is 0 Å². The van der Waals surface area contributed by atoms with Crippen LogP contribution < -0.4 is 10.6 Å². The summed E-state index contributed by atoms with van der Waals surface area (Å²) in [7, 11) is 0. The van der Waals surface area contributed by atoms with Gasteiger partial charge in [0.15, 0.2) is 5.96 Å². The average molecular weight is 447 g/mol. The second-order valence-corrected chi connectivity index (χ2v) is 6.15. The fourth-order valence-electron chi connectivity index (χ4n) is 2.21. The number of nitrogens with zero attached hydrogens (tertiary/aromatic N) is 1. The maximum Gasteiger partial charge on any atom is 0.191 e. The summed E-state index contributed by atoms with van der Waals surface area (Å²) in [5.41, 5.74) is 0.924. The highest BCUT2D eigenvalue weighted by molar-refractivity contribution is 14.0. The standard InChI is InChI=1S/C17H25N3OS.HI/c1-4-18-17(19-10-7-11-22-3)20-13(2)16-12-14-8-5-6-9-15(14)21-16;/h5-6,8-9,12-13H,4,7,10-11H2,1-3H3,(H2,18,19,20);1H. The number of halogens is 1. The van der Waals surface area contributed by atoms with Gasteiger partial charge in [-0.3, -0.25) is 4.99 Å². The fraction of sp³-hybridized carbons (Fsp3) is 0.471. The van der Waals surface area contributed by atoms with E-state index in [4.69, 9.17) is 4.42 Å². The first-order chi connectivity index (χ1) is 10.7. The molecule has 2 N–H and O–H groups in total. The first-order valence-corrected chi connectivity index (χ1v) is 9.16. The van der Waals surface area contributed by atoms with E-state index in [1.165, 1.54) is 0 Å². The summed E-state index contributed by atoms with van der Waals surface area (Å²) < 4.78 is 5.90. The van der Waals surface area contributed by atoms with E-state index in [1.54, 1.807) is 0 Å². The highest BCUT2D eigenvalue weighted by Crippen LogP contribution is 2.23. The fourth-order valence-corrected chi connectivity index (χ4v) is 2.63. The lowest BCUT2D eigenvalue weighted by Crippen LogP contribution is -2.38. The SMILES string of the molecule is CCNC(=NCCCSC)NC(C)c1cc2ccccc2o1.I. The van der Waals surface area contributed by atoms with Crippen LogP contribution in [0.25, 0.3) is 11.0 Å². The Bertz CT molecular complexity index is 582. The zero-order valence-electron chi connectivity index (χ0n) is 14.0. The van der Waals surface area contributed by atoms with E-state index in [9.17, 15) is 0 Å². The minimum atomic E-state index is 0. The highest BCUT2D eigenvalue weighted by Gasteiger charge is 2.12. The zero-order valence-corrected chi connectivity index (χ0v) is 17.1. The zero-order chi connectivity index (χ0) is 15.8. The number of aliphatic imine (C=N–C) groups is 1. The number of nitrogens with one attached hydrogen (secondary N) is 2. The van der Waals surface area contributed by atoms with E-state index >= 15 is 0 Å². The number of thioether (sulfide) groups is 1. The molecule has 1 atom stereocenters. The van der Waals surface area contributed by atoms with Crippen LogP contribution >= 0.6 is 35.7 Å². The van der Waals surface area contributed by atoms with E-state index in [0.717, 1.165) is 48.0 Å². The van der Waals surface area contributed by atoms with Crippen LogP contribution in [0.1, 0.15) is 32.1 Å². The first kappa shape index (κ1) is 20.2. The minimum absolute atomic E-state index is 0. The molecule has 0 saturated carbocycles. The third-order valence-corrected chi connectivity index (χ3v) is 4.04. The second kappa shape index (κ2) is 10.8. The summed E-state index contributed by atoms with van der Waals surface area (Å²) in [5.74, 6) is 2.91. The van der Waals surface area contributed by atoms with Gasteiger partial charge >= 0.3 is 0 Å². The normalized spacial score (nSPS) is 12.7. The predicted molar refractivity (Wildman–Crippen MR) is 112 cm³/mol. The van der Waals surface area contributed by atoms with Crippen LogP contribution in [0, 0.1) is 0 Å². The molecule has 1 aromatic carbocycles. The van der Waals surface area contributed by atoms with Gasteiger partial charge in [0.05, 0.1) is 6.04 Å². The monoisotopic (exact) mass is 447 g/mol. The van der Waals surface area contributed by atoms with Crippen molar-refractivity contribution in [2.24, 2.45) is 4.99 Å². The van der Waals surface area contributed by atoms with Crippen molar-refractivity contribution in [2.45, 2.75) is 26.3 Å². The van der Waals surface area contributed by atoms with Gasteiger partial charge in [-0.15, -0.1) is 24.0 Å². The molecule has 0 aliphatic rings. The molecule has 0 fully saturated rings. The number of guanidine groups is 1. The molecule has 1 unspecified atom stereocenters. The number of hydrogen-bond donors (Lipinski definition) is 2. The van der Waals surface area contributed by atoms with Crippen molar-refractivity contribution in [3.05, 3.63) is 36.1 Å². The molecular formula is C17H26IN3OS. The molecule has 0 spiro atoms. The quantitative estimate of drug-likeness (QED) is 0.286. The molecule has 1 aromatic heterocycles. The Balaban J connectivity index is 0.00000264. The largest absolute Gasteiger partial charge is 0.459 e. The molecule has 23 heavy (non-hydrogen) atoms. The van der Waals surface area contributed by atoms with Crippen molar-refractivity contribution in [1.29, 1.82) is 0 Å². The molecular weight excluding hydrogens is 421 g/mol. The number of furan rings is 1. The van der Waals surface area contributed by atoms with Crippen molar-refractivity contribution >= 4 is 52.7 Å². The summed E-state index contributed by atoms with van der Waals surface area (Å²) in [5, 5.41) is 7.83. The molecule has 0 amide bonds. The Morgan fingerprint density at radius 2 is 2.13 bits per heavy atom. The van der Waals surface area contributed by atoms with Crippen LogP contribution in [-0.2, 0) is 0 Å². The Hall–Kier alpha value is -0.890. The summed E-state index contributed by atoms with van der Waals surface area (Å²) >= 11 is 1.85. The maximum absolute atomic E-state index is 5.90. The first-order valence-electron chi connectivity index (χ1n) is 7.77. The van der Waals surface area contributed by atoms with Crippen LogP contribution in [0.4, 0.5) is 0 Å². The van der Waals surface area contributed by atoms with Gasteiger partial charge in [0.1, 0.15) is 11.3 Å². The number of hydrogen-bond acceptors (Lipinski definition) is 3. The maximum atomic E-state index is 5.90. The van der Waals surface area contributed by atoms with Crippen molar-refractivity contribution in [2.75, 3.05) is 25.1 Å². The Labute approximate surface area is 159 Å². The molecule has 1 heterocycles. The van der Waals surface area contributed by atoms with Gasteiger partial charge in [-0.25, -0.2) is 0 Å². The Morgan fingerprint density at radius 1 is 1.35 bits per heavy atom. The highest BCUT2D eigenvalue weighted by atomic mass is 127. The van der Waals surface area contributed by atoms with Crippen molar-refractivity contribution in [3.63, 3.8) is 0 Å². The van der Waals surface area contributed by atoms with Crippen molar-refractivity contribution in [1.82, 2.24) is 10.6 Å². The predicted octanol–water partition coefficient (Wildman–Crippen LogP) is 4.42. The number of fused-ring (bicyclic) bond motifs is 1. The Kier molecular flexibility index (Phi) is 9.47. The molecule has 0 aliphatic carbocycles. The smallest absolute Gasteiger partial charge is 0.191 e. The van der Waals surface area contributed by atoms with Gasteiger partial charge in [0.25, 0.3) is 0 Å². The van der Waals surface area contributed by atoms with Gasteiger partial charge in [-0.2, -0.15) is 11.8 Å². The number of para-hydroxylation sites is 1. The van der Waals surface area contributed by atoms with E-state index < -0.39 is 0 Å². The van der Waals surface area contributed by atoms with Gasteiger partial charge in [-0.1, -0.05) is 18.2 Å². The average Bonchev–Trinajstić information content (AvgIpc) is 2.96. The summed E-state index contributed by atoms with van der Waals surface area (Å²) in [6.07, 6.45) is 3.22. The minimum Gasteiger partial charge on any atom is -0.459 e. The van der Waals surface area contributed by atoms with E-state index in [-0.39, 0.29) is 30.0 Å². The van der Waals surface area contributed by atoms with Crippen molar-refractivity contribution in [3.8, 4) is 0 Å². The molecule has 2 rings (SSSR count). The summed E-state index contributed by atoms with van der Waals surface area (Å²) in [6.45, 7) is 5.85. The van der Waals surface area contributed by atoms with Gasteiger partial charge < -0.3 is 15.1 Å². The van der Waals surface area contributed by atoms with Crippen LogP contribution in [-0.4, -0.2) is 31.1 Å². The van der Waals surface area contributed by atoms with E-state index in [0.29, 0.717) is 0 Å². The molecule has 128 valence electrons. The summed E-state index contributed by atoms with van der Waals surface area (Å²) in [6, 6.07) is 10.2. The number of rotatable bonds is 7. The van der Waals surface area contributed by atoms with E-state index in [2.05, 4.69) is 47.9 Å². The number of benzene rings is 1. The van der Waals surface area contributed by atoms with Crippen LogP contribution in [0.15, 0.2) is 39.7 Å². The van der Waals surface area contributed by atoms with Gasteiger partial charge in [0, 0.05) is 18.5 Å². The van der Waals surface area contributed by atoms with Gasteiger partial charge in [-0.05, 0) is 44.4 Å². The van der Waals surface area contributed by atoms with Gasteiger partial charge in [0.2, 0.25) is 0 Å². The molecule has 4 nitrogen and oxygen atoms in total. The summed E-state index contributed by atoms with van der Waals surface area (Å²) in [4.78, 5) is 4.61. The molecule has 2 aromatic rings. The van der Waals surface area contributed by atoms with E-state index in [1.807, 2.05) is 30.0 Å². The molecule has 0 bridgehead atoms. The van der Waals surface area contributed by atoms with Crippen molar-refractivity contribution < 1.29 is 4.42 Å². The lowest BCUT2D eigenvalue weighted by Gasteiger charge is -2.16. The second-order valence-electron chi connectivity index (χ2n) is 5.16. The van der Waals surface area contributed by atoms with Crippen LogP contribution in [0.5, 0.6) is 0 Å². The lowest BCUT2D eigenvalue weighted by molar-refractivity contribution is 0.488. The molecule has 6 heteroatoms. The lowest BCUT2D eigenvalue weighted by atomic mass is 10.2. The Morgan fingerprint density at radius 3 is 2.83 bits per heavy atom. The molecule has 0 aliphatic heterocycles. The van der Waals surface area contributed by atoms with Crippen LogP contribution in [0.3, 0.4) is 0 Å². The third kappa shape index (κ3) is 6.25. The molecule has 0 saturated heterocycles. The molecule has 0 radical (unpaired) electrons. The topological polar surface area (TPSA) is 49.6 Å². The third-order valence-electron chi connectivity index (χ3n) is 3.35.